The monoisotopic (exact) mass is 339 g/mol. The van der Waals surface area contributed by atoms with Gasteiger partial charge in [-0.15, -0.1) is 0 Å². The minimum Gasteiger partial charge on any atom is -0.295 e. The maximum atomic E-state index is 12.9. The Kier molecular flexibility index (Phi) is 3.85. The highest BCUT2D eigenvalue weighted by atomic mass is 28.3. The van der Waals surface area contributed by atoms with E-state index < -0.39 is 8.07 Å². The van der Waals surface area contributed by atoms with Gasteiger partial charge in [0.1, 0.15) is 0 Å². The molecule has 1 heterocycles. The molecule has 2 atom stereocenters. The van der Waals surface area contributed by atoms with Crippen LogP contribution < -0.4 is 0 Å². The van der Waals surface area contributed by atoms with Crippen molar-refractivity contribution in [1.29, 1.82) is 0 Å². The van der Waals surface area contributed by atoms with E-state index in [0.717, 1.165) is 19.5 Å². The molecule has 24 heavy (non-hydrogen) atoms. The Hall–Kier alpha value is -1.19. The van der Waals surface area contributed by atoms with Crippen molar-refractivity contribution in [2.45, 2.75) is 64.3 Å². The Morgan fingerprint density at radius 3 is 2.62 bits per heavy atom. The first kappa shape index (κ1) is 16.3. The van der Waals surface area contributed by atoms with Gasteiger partial charge in [-0.05, 0) is 29.2 Å². The standard InChI is InChI=1S/C21H29NOSi/c1-24(2,3)20-17-15-22(14-16-9-5-4-6-10-16)19-11-7-8-12-21(17,19)13-18(20)23/h4-6,9-10,19H,7-8,11-15H2,1-3H3/t19-,21+/m1/s1. The summed E-state index contributed by atoms with van der Waals surface area (Å²) in [4.78, 5) is 15.6. The Balaban J connectivity index is 1.74. The average molecular weight is 340 g/mol. The summed E-state index contributed by atoms with van der Waals surface area (Å²) in [5.74, 6) is 0.496. The molecule has 1 spiro atoms. The lowest BCUT2D eigenvalue weighted by Crippen LogP contribution is -2.42. The van der Waals surface area contributed by atoms with Gasteiger partial charge in [-0.3, -0.25) is 9.69 Å². The molecule has 0 bridgehead atoms. The maximum Gasteiger partial charge on any atom is 0.155 e. The van der Waals surface area contributed by atoms with Gasteiger partial charge in [-0.1, -0.05) is 62.8 Å². The number of ketones is 1. The van der Waals surface area contributed by atoms with Crippen LogP contribution in [0.2, 0.25) is 19.6 Å². The molecular formula is C21H29NOSi. The third kappa shape index (κ3) is 2.44. The van der Waals surface area contributed by atoms with Crippen molar-refractivity contribution >= 4 is 13.9 Å². The van der Waals surface area contributed by atoms with Crippen LogP contribution in [0.25, 0.3) is 0 Å². The van der Waals surface area contributed by atoms with Crippen LogP contribution in [0.4, 0.5) is 0 Å². The molecule has 0 radical (unpaired) electrons. The number of Topliss-reactive ketones (excluding diaryl/α,β-unsaturated/α-hetero) is 1. The Morgan fingerprint density at radius 2 is 1.92 bits per heavy atom. The third-order valence-electron chi connectivity index (χ3n) is 6.43. The smallest absolute Gasteiger partial charge is 0.155 e. The largest absolute Gasteiger partial charge is 0.295 e. The molecule has 0 unspecified atom stereocenters. The van der Waals surface area contributed by atoms with Crippen molar-refractivity contribution in [2.75, 3.05) is 6.54 Å². The van der Waals surface area contributed by atoms with E-state index >= 15 is 0 Å². The van der Waals surface area contributed by atoms with E-state index in [1.165, 1.54) is 36.4 Å². The molecule has 3 aliphatic rings. The first-order valence-corrected chi connectivity index (χ1v) is 13.0. The van der Waals surface area contributed by atoms with E-state index in [1.807, 2.05) is 0 Å². The lowest BCUT2D eigenvalue weighted by atomic mass is 9.68. The molecule has 2 nitrogen and oxygen atoms in total. The zero-order chi connectivity index (χ0) is 16.9. The van der Waals surface area contributed by atoms with Crippen LogP contribution in [0.1, 0.15) is 37.7 Å². The first-order chi connectivity index (χ1) is 11.4. The summed E-state index contributed by atoms with van der Waals surface area (Å²) in [5.41, 5.74) is 3.16. The number of likely N-dealkylation sites (tertiary alicyclic amines) is 1. The van der Waals surface area contributed by atoms with Crippen LogP contribution in [0, 0.1) is 5.41 Å². The zero-order valence-electron chi connectivity index (χ0n) is 15.3. The van der Waals surface area contributed by atoms with Crippen LogP contribution in [-0.2, 0) is 11.3 Å². The quantitative estimate of drug-likeness (QED) is 0.751. The molecule has 2 aliphatic carbocycles. The van der Waals surface area contributed by atoms with E-state index in [1.54, 1.807) is 5.57 Å². The Morgan fingerprint density at radius 1 is 1.17 bits per heavy atom. The summed E-state index contributed by atoms with van der Waals surface area (Å²) >= 11 is 0. The lowest BCUT2D eigenvalue weighted by molar-refractivity contribution is -0.116. The van der Waals surface area contributed by atoms with Gasteiger partial charge in [0.15, 0.2) is 5.78 Å². The highest BCUT2D eigenvalue weighted by Crippen LogP contribution is 2.58. The topological polar surface area (TPSA) is 20.3 Å². The molecule has 0 aromatic heterocycles. The molecule has 3 heteroatoms. The number of carbonyl (C=O) groups is 1. The van der Waals surface area contributed by atoms with Crippen molar-refractivity contribution in [3.05, 3.63) is 46.7 Å². The SMILES string of the molecule is C[Si](C)(C)C1=C2CN(Cc3ccccc3)[C@@H]3CCCC[C@]23CC1=O. The second-order valence-electron chi connectivity index (χ2n) is 9.01. The van der Waals surface area contributed by atoms with Gasteiger partial charge in [0, 0.05) is 31.0 Å². The fourth-order valence-corrected chi connectivity index (χ4v) is 7.77. The third-order valence-corrected chi connectivity index (χ3v) is 8.51. The molecular weight excluding hydrogens is 310 g/mol. The molecule has 0 amide bonds. The van der Waals surface area contributed by atoms with Gasteiger partial charge >= 0.3 is 0 Å². The fourth-order valence-electron chi connectivity index (χ4n) is 5.61. The molecule has 4 rings (SSSR count). The molecule has 2 fully saturated rings. The van der Waals surface area contributed by atoms with Crippen LogP contribution in [0.15, 0.2) is 41.1 Å². The van der Waals surface area contributed by atoms with Gasteiger partial charge in [-0.25, -0.2) is 0 Å². The second kappa shape index (κ2) is 5.67. The molecule has 1 aromatic carbocycles. The summed E-state index contributed by atoms with van der Waals surface area (Å²) < 4.78 is 0. The Bertz CT molecular complexity index is 688. The number of carbonyl (C=O) groups excluding carboxylic acids is 1. The van der Waals surface area contributed by atoms with Crippen LogP contribution in [0.5, 0.6) is 0 Å². The van der Waals surface area contributed by atoms with E-state index in [0.29, 0.717) is 11.8 Å². The van der Waals surface area contributed by atoms with Gasteiger partial charge in [-0.2, -0.15) is 0 Å². The molecule has 128 valence electrons. The lowest BCUT2D eigenvalue weighted by Gasteiger charge is -2.40. The predicted octanol–water partition coefficient (Wildman–Crippen LogP) is 4.58. The van der Waals surface area contributed by atoms with E-state index in [9.17, 15) is 4.79 Å². The minimum atomic E-state index is -1.57. The number of hydrogen-bond acceptors (Lipinski definition) is 2. The molecule has 1 saturated carbocycles. The molecule has 0 N–H and O–H groups in total. The summed E-state index contributed by atoms with van der Waals surface area (Å²) in [5, 5.41) is 1.30. The highest BCUT2D eigenvalue weighted by Gasteiger charge is 2.58. The average Bonchev–Trinajstić information content (AvgIpc) is 2.95. The van der Waals surface area contributed by atoms with E-state index in [4.69, 9.17) is 0 Å². The van der Waals surface area contributed by atoms with Crippen molar-refractivity contribution in [3.8, 4) is 0 Å². The minimum absolute atomic E-state index is 0.194. The van der Waals surface area contributed by atoms with E-state index in [-0.39, 0.29) is 5.41 Å². The first-order valence-electron chi connectivity index (χ1n) is 9.47. The number of rotatable bonds is 3. The summed E-state index contributed by atoms with van der Waals surface area (Å²) in [6.45, 7) is 9.12. The Labute approximate surface area is 147 Å². The number of nitrogens with zero attached hydrogens (tertiary/aromatic N) is 1. The summed E-state index contributed by atoms with van der Waals surface area (Å²) in [6.07, 6.45) is 5.92. The highest BCUT2D eigenvalue weighted by molar-refractivity contribution is 6.87. The zero-order valence-corrected chi connectivity index (χ0v) is 16.3. The normalized spacial score (nSPS) is 30.6. The van der Waals surface area contributed by atoms with Crippen molar-refractivity contribution in [2.24, 2.45) is 5.41 Å². The number of allylic oxidation sites excluding steroid dienone is 1. The molecule has 1 saturated heterocycles. The molecule has 1 aliphatic heterocycles. The number of benzene rings is 1. The van der Waals surface area contributed by atoms with Crippen LogP contribution in [0.3, 0.4) is 0 Å². The van der Waals surface area contributed by atoms with Gasteiger partial charge in [0.05, 0.1) is 8.07 Å². The predicted molar refractivity (Wildman–Crippen MR) is 102 cm³/mol. The van der Waals surface area contributed by atoms with Gasteiger partial charge in [0.25, 0.3) is 0 Å². The molecule has 1 aromatic rings. The van der Waals surface area contributed by atoms with Crippen molar-refractivity contribution in [3.63, 3.8) is 0 Å². The van der Waals surface area contributed by atoms with E-state index in [2.05, 4.69) is 54.9 Å². The van der Waals surface area contributed by atoms with Crippen molar-refractivity contribution < 1.29 is 4.79 Å². The summed E-state index contributed by atoms with van der Waals surface area (Å²) in [7, 11) is -1.57. The van der Waals surface area contributed by atoms with Gasteiger partial charge in [0.2, 0.25) is 0 Å². The van der Waals surface area contributed by atoms with Crippen LogP contribution in [-0.4, -0.2) is 31.3 Å². The summed E-state index contributed by atoms with van der Waals surface area (Å²) in [6, 6.07) is 11.4. The van der Waals surface area contributed by atoms with Crippen LogP contribution >= 0.6 is 0 Å². The second-order valence-corrected chi connectivity index (χ2v) is 14.0. The van der Waals surface area contributed by atoms with Crippen molar-refractivity contribution in [1.82, 2.24) is 4.90 Å². The fraction of sp³-hybridized carbons (Fsp3) is 0.571. The maximum absolute atomic E-state index is 12.9. The van der Waals surface area contributed by atoms with Gasteiger partial charge < -0.3 is 0 Å². The number of hydrogen-bond donors (Lipinski definition) is 0.